The summed E-state index contributed by atoms with van der Waals surface area (Å²) in [5.41, 5.74) is 0.950. The molecule has 1 fully saturated rings. The molecule has 4 bridgehead atoms. The number of ether oxygens (including phenoxy) is 3. The van der Waals surface area contributed by atoms with E-state index >= 15 is 4.39 Å². The van der Waals surface area contributed by atoms with Crippen LogP contribution in [0, 0.1) is 12.7 Å². The Morgan fingerprint density at radius 2 is 1.63 bits per heavy atom. The van der Waals surface area contributed by atoms with Crippen LogP contribution >= 0.6 is 0 Å². The zero-order valence-electron chi connectivity index (χ0n) is 34.6. The number of halogens is 1. The lowest BCUT2D eigenvalue weighted by Gasteiger charge is -2.29. The second-order valence-electron chi connectivity index (χ2n) is 17.1. The van der Waals surface area contributed by atoms with E-state index in [0.29, 0.717) is 34.6 Å². The molecule has 4 aromatic rings. The number of aromatic nitrogens is 1. The minimum atomic E-state index is -3.72. The molecule has 2 aliphatic heterocycles. The molecule has 3 heterocycles. The molecule has 2 N–H and O–H groups in total. The third-order valence-corrected chi connectivity index (χ3v) is 12.1. The molecule has 0 spiro atoms. The van der Waals surface area contributed by atoms with Gasteiger partial charge in [-0.3, -0.25) is 10.1 Å². The molecule has 1 saturated carbocycles. The van der Waals surface area contributed by atoms with Gasteiger partial charge in [-0.15, -0.1) is 0 Å². The highest BCUT2D eigenvalue weighted by Gasteiger charge is 2.39. The number of amides is 4. The SMILES string of the molecule is Cc1cc2ccc1C(C)COC(=O)Nc1ccc(S(=O)(=O)C3CC3)c(c1)CN(C)C(=O)C2Nc1cc(F)c2c(N(C(=O)OC(C)(C)C)C(=O)OC(C)(C)C)nccc2c1. The number of carbonyl (C=O) groups is 4. The zero-order valence-corrected chi connectivity index (χ0v) is 35.5. The first-order valence-corrected chi connectivity index (χ1v) is 20.8. The van der Waals surface area contributed by atoms with E-state index in [-0.39, 0.29) is 46.2 Å². The summed E-state index contributed by atoms with van der Waals surface area (Å²) in [6.07, 6.45) is -0.569. The van der Waals surface area contributed by atoms with Crippen LogP contribution in [0.2, 0.25) is 0 Å². The number of rotatable bonds is 5. The first-order chi connectivity index (χ1) is 27.5. The Labute approximate surface area is 343 Å². The van der Waals surface area contributed by atoms with Crippen molar-refractivity contribution in [2.75, 3.05) is 29.2 Å². The lowest BCUT2D eigenvalue weighted by atomic mass is 9.93. The number of fused-ring (bicyclic) bond motifs is 10. The summed E-state index contributed by atoms with van der Waals surface area (Å²) >= 11 is 0. The molecule has 0 radical (unpaired) electrons. The van der Waals surface area contributed by atoms with Gasteiger partial charge in [0.25, 0.3) is 0 Å². The van der Waals surface area contributed by atoms with Crippen molar-refractivity contribution in [2.24, 2.45) is 0 Å². The highest BCUT2D eigenvalue weighted by atomic mass is 32.2. The maximum absolute atomic E-state index is 16.5. The van der Waals surface area contributed by atoms with Gasteiger partial charge in [-0.2, -0.15) is 4.90 Å². The van der Waals surface area contributed by atoms with Crippen LogP contribution in [-0.2, 0) is 35.4 Å². The van der Waals surface area contributed by atoms with Crippen molar-refractivity contribution in [1.29, 1.82) is 0 Å². The number of hydrogen-bond donors (Lipinski definition) is 2. The summed E-state index contributed by atoms with van der Waals surface area (Å²) in [5, 5.41) is 5.41. The second-order valence-corrected chi connectivity index (χ2v) is 19.3. The van der Waals surface area contributed by atoms with E-state index in [4.69, 9.17) is 14.2 Å². The number of aryl methyl sites for hydroxylation is 1. The van der Waals surface area contributed by atoms with E-state index in [1.54, 1.807) is 53.7 Å². The van der Waals surface area contributed by atoms with Crippen LogP contribution in [-0.4, -0.2) is 72.6 Å². The van der Waals surface area contributed by atoms with E-state index in [1.807, 2.05) is 26.0 Å². The third-order valence-electron chi connectivity index (χ3n) is 9.70. The summed E-state index contributed by atoms with van der Waals surface area (Å²) in [6.45, 7) is 13.4. The van der Waals surface area contributed by atoms with Gasteiger partial charge in [-0.05, 0) is 125 Å². The highest BCUT2D eigenvalue weighted by Crippen LogP contribution is 2.38. The van der Waals surface area contributed by atoms with E-state index in [2.05, 4.69) is 15.6 Å². The van der Waals surface area contributed by atoms with Gasteiger partial charge in [0.15, 0.2) is 15.7 Å². The fraction of sp³-hybridized carbons (Fsp3) is 0.419. The maximum atomic E-state index is 16.5. The number of imide groups is 1. The van der Waals surface area contributed by atoms with Gasteiger partial charge in [0, 0.05) is 37.1 Å². The van der Waals surface area contributed by atoms with Crippen LogP contribution in [0.1, 0.15) is 95.5 Å². The Hall–Kier alpha value is -5.77. The van der Waals surface area contributed by atoms with Crippen molar-refractivity contribution < 1.29 is 46.2 Å². The summed E-state index contributed by atoms with van der Waals surface area (Å²) in [6, 6.07) is 13.0. The number of sulfone groups is 1. The van der Waals surface area contributed by atoms with Gasteiger partial charge in [0.1, 0.15) is 23.1 Å². The number of hydrogen-bond acceptors (Lipinski definition) is 11. The van der Waals surface area contributed by atoms with Crippen LogP contribution in [0.3, 0.4) is 0 Å². The van der Waals surface area contributed by atoms with Gasteiger partial charge in [-0.1, -0.05) is 25.1 Å². The molecule has 1 aliphatic carbocycles. The van der Waals surface area contributed by atoms with Crippen molar-refractivity contribution in [1.82, 2.24) is 9.88 Å². The maximum Gasteiger partial charge on any atom is 0.425 e. The molecule has 7 rings (SSSR count). The molecule has 314 valence electrons. The summed E-state index contributed by atoms with van der Waals surface area (Å²) in [7, 11) is -2.19. The summed E-state index contributed by atoms with van der Waals surface area (Å²) in [4.78, 5) is 60.7. The Kier molecular flexibility index (Phi) is 11.7. The molecule has 4 amide bonds. The minimum absolute atomic E-state index is 0.0445. The average molecular weight is 832 g/mol. The van der Waals surface area contributed by atoms with Crippen molar-refractivity contribution in [2.45, 2.75) is 108 Å². The summed E-state index contributed by atoms with van der Waals surface area (Å²) in [5.74, 6) is -1.92. The quantitative estimate of drug-likeness (QED) is 0.184. The topological polar surface area (TPSA) is 174 Å². The molecule has 1 aromatic heterocycles. The van der Waals surface area contributed by atoms with Crippen molar-refractivity contribution in [3.8, 4) is 0 Å². The number of pyridine rings is 1. The molecule has 3 aromatic carbocycles. The molecule has 16 heteroatoms. The number of nitrogens with one attached hydrogen (secondary N) is 2. The molecule has 59 heavy (non-hydrogen) atoms. The zero-order chi connectivity index (χ0) is 43.2. The van der Waals surface area contributed by atoms with Crippen LogP contribution in [0.5, 0.6) is 0 Å². The third kappa shape index (κ3) is 9.75. The number of nitrogens with zero attached hydrogens (tertiary/aromatic N) is 3. The molecule has 0 saturated heterocycles. The standard InChI is InChI=1S/C43H50FN5O9S/c1-24-18-27-10-14-32(24)25(2)23-56-39(51)47-29-11-15-34(59(54,55)31-12-13-31)28(20-29)22-48(9)38(50)36(27)46-30-19-26-16-17-45-37(35(26)33(44)21-30)49(40(52)57-42(3,4)5)41(53)58-43(6,7)8/h10-11,14-21,25,31,36,46H,12-13,22-23H2,1-9H3,(H,47,51). The number of carbonyl (C=O) groups excluding carboxylic acids is 4. The van der Waals surface area contributed by atoms with Crippen LogP contribution in [0.25, 0.3) is 10.8 Å². The Bertz CT molecular complexity index is 2410. The van der Waals surface area contributed by atoms with Gasteiger partial charge in [0.2, 0.25) is 5.91 Å². The van der Waals surface area contributed by atoms with Crippen molar-refractivity contribution in [3.05, 3.63) is 88.9 Å². The second kappa shape index (κ2) is 16.1. The molecule has 3 aliphatic rings. The van der Waals surface area contributed by atoms with E-state index in [9.17, 15) is 27.6 Å². The normalized spacial score (nSPS) is 17.9. The number of anilines is 3. The van der Waals surface area contributed by atoms with E-state index < -0.39 is 62.3 Å². The Morgan fingerprint density at radius 1 is 0.966 bits per heavy atom. The Balaban J connectivity index is 1.43. The Morgan fingerprint density at radius 3 is 2.24 bits per heavy atom. The molecular formula is C43H50FN5O9S. The lowest BCUT2D eigenvalue weighted by molar-refractivity contribution is -0.131. The number of likely N-dealkylation sites (N-methyl/N-ethyl adjacent to an activating group) is 1. The molecule has 14 nitrogen and oxygen atoms in total. The van der Waals surface area contributed by atoms with Crippen LogP contribution < -0.4 is 15.5 Å². The van der Waals surface area contributed by atoms with Gasteiger partial charge in [-0.25, -0.2) is 32.2 Å². The fourth-order valence-electron chi connectivity index (χ4n) is 6.86. The predicted molar refractivity (Wildman–Crippen MR) is 221 cm³/mol. The summed E-state index contributed by atoms with van der Waals surface area (Å²) < 4.78 is 60.2. The number of benzene rings is 3. The molecule has 2 atom stereocenters. The van der Waals surface area contributed by atoms with Crippen LogP contribution in [0.15, 0.2) is 65.7 Å². The predicted octanol–water partition coefficient (Wildman–Crippen LogP) is 8.77. The van der Waals surface area contributed by atoms with Crippen molar-refractivity contribution in [3.63, 3.8) is 0 Å². The fourth-order valence-corrected chi connectivity index (χ4v) is 8.73. The van der Waals surface area contributed by atoms with Crippen molar-refractivity contribution >= 4 is 62.0 Å². The molecular weight excluding hydrogens is 782 g/mol. The monoisotopic (exact) mass is 831 g/mol. The van der Waals surface area contributed by atoms with Gasteiger partial charge in [0.05, 0.1) is 22.1 Å². The first kappa shape index (κ1) is 42.8. The van der Waals surface area contributed by atoms with Gasteiger partial charge < -0.3 is 24.4 Å². The molecule has 2 unspecified atom stereocenters. The lowest BCUT2D eigenvalue weighted by Crippen LogP contribution is -2.44. The van der Waals surface area contributed by atoms with Crippen LogP contribution in [0.4, 0.5) is 36.0 Å². The highest BCUT2D eigenvalue weighted by molar-refractivity contribution is 7.92. The van der Waals surface area contributed by atoms with E-state index in [1.165, 1.54) is 42.4 Å². The smallest absolute Gasteiger partial charge is 0.425 e. The van der Waals surface area contributed by atoms with E-state index in [0.717, 1.165) is 17.2 Å². The largest absolute Gasteiger partial charge is 0.449 e. The first-order valence-electron chi connectivity index (χ1n) is 19.3. The minimum Gasteiger partial charge on any atom is -0.449 e. The average Bonchev–Trinajstić information content (AvgIpc) is 3.98. The van der Waals surface area contributed by atoms with Gasteiger partial charge >= 0.3 is 18.3 Å².